The summed E-state index contributed by atoms with van der Waals surface area (Å²) in [4.78, 5) is 0.545. The van der Waals surface area contributed by atoms with Crippen LogP contribution in [0.2, 0.25) is 0 Å². The fourth-order valence-corrected chi connectivity index (χ4v) is 15.1. The fourth-order valence-electron chi connectivity index (χ4n) is 5.13. The van der Waals surface area contributed by atoms with Gasteiger partial charge in [0.15, 0.2) is 19.7 Å². The predicted molar refractivity (Wildman–Crippen MR) is 183 cm³/mol. The zero-order valence-corrected chi connectivity index (χ0v) is 31.0. The van der Waals surface area contributed by atoms with Crippen molar-refractivity contribution in [2.45, 2.75) is 152 Å². The zero-order valence-electron chi connectivity index (χ0n) is 24.6. The van der Waals surface area contributed by atoms with E-state index in [1.807, 2.05) is 0 Å². The Labute approximate surface area is 269 Å². The second-order valence-corrected chi connectivity index (χ2v) is 19.8. The number of fused-ring (bicyclic) bond motifs is 1. The van der Waals surface area contributed by atoms with E-state index in [1.165, 1.54) is 99.7 Å². The van der Waals surface area contributed by atoms with Gasteiger partial charge < -0.3 is 0 Å². The molecule has 0 amide bonds. The first-order valence-electron chi connectivity index (χ1n) is 15.5. The van der Waals surface area contributed by atoms with Gasteiger partial charge in [0, 0.05) is 0 Å². The van der Waals surface area contributed by atoms with Crippen molar-refractivity contribution in [2.75, 3.05) is 11.5 Å². The molecule has 232 valence electrons. The number of thiophene rings is 2. The summed E-state index contributed by atoms with van der Waals surface area (Å²) < 4.78 is 55.5. The lowest BCUT2D eigenvalue weighted by Gasteiger charge is -2.05. The van der Waals surface area contributed by atoms with Crippen LogP contribution < -0.4 is 0 Å². The topological polar surface area (TPSA) is 68.3 Å². The van der Waals surface area contributed by atoms with Crippen LogP contribution in [0, 0.1) is 0 Å². The molecule has 0 spiro atoms. The smallest absolute Gasteiger partial charge is 0.181 e. The number of sulfone groups is 2. The number of halogens is 2. The van der Waals surface area contributed by atoms with Gasteiger partial charge in [-0.2, -0.15) is 0 Å². The van der Waals surface area contributed by atoms with Crippen LogP contribution in [0.1, 0.15) is 142 Å². The second kappa shape index (κ2) is 19.7. The summed E-state index contributed by atoms with van der Waals surface area (Å²) in [6.07, 6.45) is 23.0. The summed E-state index contributed by atoms with van der Waals surface area (Å²) in [5, 5.41) is 0. The van der Waals surface area contributed by atoms with E-state index in [2.05, 4.69) is 45.7 Å². The highest BCUT2D eigenvalue weighted by Crippen LogP contribution is 2.49. The number of unbranched alkanes of at least 4 members (excludes halogenated alkanes) is 18. The number of rotatable bonds is 24. The lowest BCUT2D eigenvalue weighted by atomic mass is 10.1. The number of hydrogen-bond acceptors (Lipinski definition) is 6. The van der Waals surface area contributed by atoms with Crippen LogP contribution in [-0.4, -0.2) is 28.3 Å². The molecule has 2 rings (SSSR count). The van der Waals surface area contributed by atoms with Crippen molar-refractivity contribution >= 4 is 83.6 Å². The monoisotopic (exact) mass is 760 g/mol. The van der Waals surface area contributed by atoms with Crippen LogP contribution in [0.15, 0.2) is 17.4 Å². The van der Waals surface area contributed by atoms with Crippen molar-refractivity contribution in [3.63, 3.8) is 0 Å². The van der Waals surface area contributed by atoms with E-state index in [9.17, 15) is 16.8 Å². The van der Waals surface area contributed by atoms with Gasteiger partial charge in [-0.25, -0.2) is 16.8 Å². The summed E-state index contributed by atoms with van der Waals surface area (Å²) in [6.45, 7) is 4.46. The molecule has 2 aromatic rings. The predicted octanol–water partition coefficient (Wildman–Crippen LogP) is 11.9. The molecule has 2 heterocycles. The van der Waals surface area contributed by atoms with Crippen molar-refractivity contribution in [1.82, 2.24) is 0 Å². The van der Waals surface area contributed by atoms with Gasteiger partial charge in [0.2, 0.25) is 0 Å². The Morgan fingerprint density at radius 2 is 0.700 bits per heavy atom. The third kappa shape index (κ3) is 12.3. The molecule has 0 bridgehead atoms. The minimum atomic E-state index is -3.51. The van der Waals surface area contributed by atoms with E-state index in [0.29, 0.717) is 29.8 Å². The first kappa shape index (κ1) is 36.7. The average Bonchev–Trinajstić information content (AvgIpc) is 3.38. The van der Waals surface area contributed by atoms with Gasteiger partial charge in [-0.15, -0.1) is 22.7 Å². The molecule has 0 saturated carbocycles. The van der Waals surface area contributed by atoms with Crippen LogP contribution in [0.4, 0.5) is 0 Å². The normalized spacial score (nSPS) is 12.6. The molecule has 0 atom stereocenters. The second-order valence-electron chi connectivity index (χ2n) is 11.1. The minimum absolute atomic E-state index is 0.101. The van der Waals surface area contributed by atoms with E-state index in [1.54, 1.807) is 0 Å². The molecule has 10 heteroatoms. The van der Waals surface area contributed by atoms with Crippen molar-refractivity contribution in [3.8, 4) is 0 Å². The van der Waals surface area contributed by atoms with Gasteiger partial charge in [0.1, 0.15) is 9.79 Å². The summed E-state index contributed by atoms with van der Waals surface area (Å²) >= 11 is 9.40. The molecule has 4 nitrogen and oxygen atoms in total. The Morgan fingerprint density at radius 3 is 0.975 bits per heavy atom. The summed E-state index contributed by atoms with van der Waals surface area (Å²) in [7, 11) is -7.02. The van der Waals surface area contributed by atoms with Crippen molar-refractivity contribution in [1.29, 1.82) is 0 Å². The van der Waals surface area contributed by atoms with Gasteiger partial charge in [-0.3, -0.25) is 0 Å². The van der Waals surface area contributed by atoms with E-state index in [4.69, 9.17) is 0 Å². The molecule has 0 aliphatic heterocycles. The van der Waals surface area contributed by atoms with Crippen LogP contribution in [-0.2, 0) is 19.7 Å². The molecule has 0 unspecified atom stereocenters. The van der Waals surface area contributed by atoms with E-state index in [-0.39, 0.29) is 21.3 Å². The van der Waals surface area contributed by atoms with Gasteiger partial charge >= 0.3 is 0 Å². The summed E-state index contributed by atoms with van der Waals surface area (Å²) in [5.74, 6) is 0.203. The lowest BCUT2D eigenvalue weighted by Crippen LogP contribution is -2.07. The lowest BCUT2D eigenvalue weighted by molar-refractivity contribution is 0.557. The van der Waals surface area contributed by atoms with Crippen molar-refractivity contribution < 1.29 is 16.8 Å². The maximum absolute atomic E-state index is 13.3. The van der Waals surface area contributed by atoms with Crippen LogP contribution >= 0.6 is 54.5 Å². The third-order valence-electron chi connectivity index (χ3n) is 7.51. The first-order chi connectivity index (χ1) is 19.2. The van der Waals surface area contributed by atoms with E-state index < -0.39 is 19.7 Å². The highest BCUT2D eigenvalue weighted by atomic mass is 79.9. The molecular weight excluding hydrogens is 712 g/mol. The molecular formula is C30H50Br2O4S4. The number of hydrogen-bond donors (Lipinski definition) is 0. The molecule has 0 radical (unpaired) electrons. The van der Waals surface area contributed by atoms with Crippen molar-refractivity contribution in [3.05, 3.63) is 7.57 Å². The molecule has 0 fully saturated rings. The van der Waals surface area contributed by atoms with E-state index in [0.717, 1.165) is 38.5 Å². The Hall–Kier alpha value is 0.520. The van der Waals surface area contributed by atoms with Crippen LogP contribution in [0.5, 0.6) is 0 Å². The molecule has 0 aliphatic carbocycles. The largest absolute Gasteiger partial charge is 0.224 e. The van der Waals surface area contributed by atoms with Gasteiger partial charge in [0.25, 0.3) is 0 Å². The van der Waals surface area contributed by atoms with Crippen LogP contribution in [0.3, 0.4) is 0 Å². The van der Waals surface area contributed by atoms with Gasteiger partial charge in [-0.05, 0) is 44.7 Å². The Morgan fingerprint density at radius 1 is 0.450 bits per heavy atom. The maximum atomic E-state index is 13.3. The standard InChI is InChI=1S/C30H50Br2O4S4/c1-3-5-7-9-11-13-15-17-19-21-23-39(33,34)27-25-26(38-29(27)31)28(30(32)37-25)40(35,36)24-22-20-18-16-14-12-10-8-6-4-2/h3-24H2,1-2H3. The van der Waals surface area contributed by atoms with Crippen molar-refractivity contribution in [2.24, 2.45) is 0 Å². The van der Waals surface area contributed by atoms with Crippen LogP contribution in [0.25, 0.3) is 9.40 Å². The highest BCUT2D eigenvalue weighted by molar-refractivity contribution is 9.11. The molecule has 0 aromatic carbocycles. The maximum Gasteiger partial charge on any atom is 0.181 e. The summed E-state index contributed by atoms with van der Waals surface area (Å²) in [5.41, 5.74) is 0. The minimum Gasteiger partial charge on any atom is -0.224 e. The molecule has 40 heavy (non-hydrogen) atoms. The Kier molecular flexibility index (Phi) is 18.1. The quantitative estimate of drug-likeness (QED) is 0.0999. The molecule has 2 aromatic heterocycles. The van der Waals surface area contributed by atoms with Gasteiger partial charge in [-0.1, -0.05) is 129 Å². The highest BCUT2D eigenvalue weighted by Gasteiger charge is 2.31. The fraction of sp³-hybridized carbons (Fsp3) is 0.800. The third-order valence-corrected chi connectivity index (χ3v) is 16.2. The Bertz CT molecular complexity index is 1110. The SMILES string of the molecule is CCCCCCCCCCCCS(=O)(=O)c1c(Br)sc2c(S(=O)(=O)CCCCCCCCCCCC)c(Br)sc12. The molecule has 0 N–H and O–H groups in total. The van der Waals surface area contributed by atoms with Gasteiger partial charge in [0.05, 0.1) is 28.5 Å². The summed E-state index contributed by atoms with van der Waals surface area (Å²) in [6, 6.07) is 0. The Balaban J connectivity index is 1.88. The zero-order chi connectivity index (χ0) is 29.4. The van der Waals surface area contributed by atoms with E-state index >= 15 is 0 Å². The molecule has 0 aliphatic rings. The first-order valence-corrected chi connectivity index (χ1v) is 22.0. The molecule has 0 saturated heterocycles. The average molecular weight is 763 g/mol.